The molecule has 1 aromatic carbocycles. The lowest BCUT2D eigenvalue weighted by atomic mass is 9.96. The highest BCUT2D eigenvalue weighted by Gasteiger charge is 2.27. The minimum atomic E-state index is 0.491. The van der Waals surface area contributed by atoms with E-state index in [4.69, 9.17) is 4.74 Å². The molecular weight excluding hydrogens is 236 g/mol. The minimum Gasteiger partial charge on any atom is -0.383 e. The van der Waals surface area contributed by atoms with Crippen LogP contribution in [-0.4, -0.2) is 43.3 Å². The number of hydrogen-bond donors (Lipinski definition) is 1. The third-order valence-electron chi connectivity index (χ3n) is 4.40. The number of para-hydroxylation sites is 1. The molecule has 1 fully saturated rings. The molecule has 0 saturated carbocycles. The van der Waals surface area contributed by atoms with Crippen LogP contribution in [0.15, 0.2) is 24.3 Å². The molecule has 0 aromatic heterocycles. The summed E-state index contributed by atoms with van der Waals surface area (Å²) in [6, 6.07) is 9.34. The second-order valence-corrected chi connectivity index (χ2v) is 5.59. The highest BCUT2D eigenvalue weighted by molar-refractivity contribution is 5.53. The van der Waals surface area contributed by atoms with Gasteiger partial charge < -0.3 is 10.1 Å². The zero-order chi connectivity index (χ0) is 13.1. The van der Waals surface area contributed by atoms with E-state index in [0.717, 1.165) is 13.2 Å². The standard InChI is InChI=1S/C16H24N2O/c1-2-19-15-7-9-18(10-8-15)14-11-13-5-3-4-6-16(13)17-12-14/h3-6,14-15,17H,2,7-12H2,1H3. The lowest BCUT2D eigenvalue weighted by molar-refractivity contribution is 0.00502. The molecule has 2 aliphatic heterocycles. The number of hydrogen-bond acceptors (Lipinski definition) is 3. The van der Waals surface area contributed by atoms with Crippen molar-refractivity contribution in [1.29, 1.82) is 0 Å². The van der Waals surface area contributed by atoms with Gasteiger partial charge in [-0.3, -0.25) is 4.90 Å². The van der Waals surface area contributed by atoms with Crippen LogP contribution in [0.4, 0.5) is 5.69 Å². The maximum Gasteiger partial charge on any atom is 0.0599 e. The van der Waals surface area contributed by atoms with Crippen molar-refractivity contribution in [3.8, 4) is 0 Å². The van der Waals surface area contributed by atoms with Crippen molar-refractivity contribution in [1.82, 2.24) is 4.90 Å². The molecule has 0 amide bonds. The number of nitrogens with zero attached hydrogens (tertiary/aromatic N) is 1. The van der Waals surface area contributed by atoms with Gasteiger partial charge in [-0.2, -0.15) is 0 Å². The molecule has 104 valence electrons. The molecule has 0 radical (unpaired) electrons. The van der Waals surface area contributed by atoms with Crippen molar-refractivity contribution in [3.63, 3.8) is 0 Å². The summed E-state index contributed by atoms with van der Waals surface area (Å²) in [7, 11) is 0. The van der Waals surface area contributed by atoms with Gasteiger partial charge in [0, 0.05) is 38.0 Å². The molecule has 2 heterocycles. The fraction of sp³-hybridized carbons (Fsp3) is 0.625. The van der Waals surface area contributed by atoms with Gasteiger partial charge in [-0.25, -0.2) is 0 Å². The topological polar surface area (TPSA) is 24.5 Å². The van der Waals surface area contributed by atoms with Crippen molar-refractivity contribution in [3.05, 3.63) is 29.8 Å². The predicted octanol–water partition coefficient (Wildman–Crippen LogP) is 2.52. The van der Waals surface area contributed by atoms with Crippen LogP contribution in [0.5, 0.6) is 0 Å². The molecule has 3 nitrogen and oxygen atoms in total. The fourth-order valence-corrected chi connectivity index (χ4v) is 3.33. The van der Waals surface area contributed by atoms with Crippen molar-refractivity contribution >= 4 is 5.69 Å². The fourth-order valence-electron chi connectivity index (χ4n) is 3.33. The molecular formula is C16H24N2O. The van der Waals surface area contributed by atoms with Gasteiger partial charge >= 0.3 is 0 Å². The number of fused-ring (bicyclic) bond motifs is 1. The van der Waals surface area contributed by atoms with Gasteiger partial charge in [0.1, 0.15) is 0 Å². The second kappa shape index (κ2) is 5.93. The largest absolute Gasteiger partial charge is 0.383 e. The van der Waals surface area contributed by atoms with Crippen LogP contribution in [0, 0.1) is 0 Å². The zero-order valence-corrected chi connectivity index (χ0v) is 11.8. The van der Waals surface area contributed by atoms with E-state index in [1.165, 1.54) is 43.6 Å². The average Bonchev–Trinajstić information content (AvgIpc) is 2.48. The quantitative estimate of drug-likeness (QED) is 0.904. The Morgan fingerprint density at radius 2 is 2.05 bits per heavy atom. The Labute approximate surface area is 115 Å². The van der Waals surface area contributed by atoms with Gasteiger partial charge in [-0.1, -0.05) is 18.2 Å². The lowest BCUT2D eigenvalue weighted by Crippen LogP contribution is -2.48. The maximum absolute atomic E-state index is 5.73. The van der Waals surface area contributed by atoms with E-state index in [1.54, 1.807) is 0 Å². The van der Waals surface area contributed by atoms with Crippen molar-refractivity contribution < 1.29 is 4.74 Å². The first kappa shape index (κ1) is 12.9. The van der Waals surface area contributed by atoms with E-state index in [-0.39, 0.29) is 0 Å². The first-order chi connectivity index (χ1) is 9.36. The second-order valence-electron chi connectivity index (χ2n) is 5.59. The molecule has 2 aliphatic rings. The normalized spacial score (nSPS) is 24.8. The summed E-state index contributed by atoms with van der Waals surface area (Å²) in [6.45, 7) is 6.38. The summed E-state index contributed by atoms with van der Waals surface area (Å²) in [5.41, 5.74) is 2.79. The number of ether oxygens (including phenoxy) is 1. The molecule has 0 bridgehead atoms. The van der Waals surface area contributed by atoms with Crippen LogP contribution in [0.25, 0.3) is 0 Å². The lowest BCUT2D eigenvalue weighted by Gasteiger charge is -2.39. The summed E-state index contributed by atoms with van der Waals surface area (Å²) in [5, 5.41) is 3.57. The predicted molar refractivity (Wildman–Crippen MR) is 78.6 cm³/mol. The summed E-state index contributed by atoms with van der Waals surface area (Å²) in [5.74, 6) is 0. The van der Waals surface area contributed by atoms with Crippen molar-refractivity contribution in [2.75, 3.05) is 31.6 Å². The summed E-state index contributed by atoms with van der Waals surface area (Å²) < 4.78 is 5.73. The zero-order valence-electron chi connectivity index (χ0n) is 11.8. The third kappa shape index (κ3) is 2.93. The van der Waals surface area contributed by atoms with Crippen molar-refractivity contribution in [2.24, 2.45) is 0 Å². The number of piperidine rings is 1. The number of anilines is 1. The van der Waals surface area contributed by atoms with Gasteiger partial charge in [-0.05, 0) is 37.8 Å². The summed E-state index contributed by atoms with van der Waals surface area (Å²) in [6.07, 6.45) is 4.05. The number of rotatable bonds is 3. The van der Waals surface area contributed by atoms with Gasteiger partial charge in [-0.15, -0.1) is 0 Å². The Morgan fingerprint density at radius 1 is 1.26 bits per heavy atom. The third-order valence-corrected chi connectivity index (χ3v) is 4.40. The monoisotopic (exact) mass is 260 g/mol. The van der Waals surface area contributed by atoms with Crippen LogP contribution >= 0.6 is 0 Å². The maximum atomic E-state index is 5.73. The molecule has 0 spiro atoms. The molecule has 0 aliphatic carbocycles. The number of likely N-dealkylation sites (tertiary alicyclic amines) is 1. The Hall–Kier alpha value is -1.06. The summed E-state index contributed by atoms with van der Waals surface area (Å²) >= 11 is 0. The molecule has 3 heteroatoms. The molecule has 1 saturated heterocycles. The molecule has 3 rings (SSSR count). The Morgan fingerprint density at radius 3 is 2.84 bits per heavy atom. The molecule has 19 heavy (non-hydrogen) atoms. The van der Waals surface area contributed by atoms with Gasteiger partial charge in [0.15, 0.2) is 0 Å². The van der Waals surface area contributed by atoms with Gasteiger partial charge in [0.25, 0.3) is 0 Å². The van der Waals surface area contributed by atoms with Crippen LogP contribution < -0.4 is 5.32 Å². The van der Waals surface area contributed by atoms with Crippen LogP contribution in [-0.2, 0) is 11.2 Å². The van der Waals surface area contributed by atoms with E-state index >= 15 is 0 Å². The van der Waals surface area contributed by atoms with E-state index in [0.29, 0.717) is 12.1 Å². The van der Waals surface area contributed by atoms with Crippen molar-refractivity contribution in [2.45, 2.75) is 38.3 Å². The van der Waals surface area contributed by atoms with Crippen LogP contribution in [0.3, 0.4) is 0 Å². The first-order valence-corrected chi connectivity index (χ1v) is 7.54. The van der Waals surface area contributed by atoms with E-state index in [2.05, 4.69) is 41.4 Å². The van der Waals surface area contributed by atoms with Gasteiger partial charge in [0.2, 0.25) is 0 Å². The first-order valence-electron chi connectivity index (χ1n) is 7.54. The van der Waals surface area contributed by atoms with E-state index in [1.807, 2.05) is 0 Å². The van der Waals surface area contributed by atoms with Gasteiger partial charge in [0.05, 0.1) is 6.10 Å². The molecule has 1 N–H and O–H groups in total. The Bertz CT molecular complexity index is 413. The SMILES string of the molecule is CCOC1CCN(C2CNc3ccccc3C2)CC1. The molecule has 1 unspecified atom stereocenters. The number of nitrogens with one attached hydrogen (secondary N) is 1. The smallest absolute Gasteiger partial charge is 0.0599 e. The molecule has 1 atom stereocenters. The Balaban J connectivity index is 1.57. The average molecular weight is 260 g/mol. The van der Waals surface area contributed by atoms with Crippen LogP contribution in [0.2, 0.25) is 0 Å². The highest BCUT2D eigenvalue weighted by Crippen LogP contribution is 2.25. The Kier molecular flexibility index (Phi) is 4.04. The summed E-state index contributed by atoms with van der Waals surface area (Å²) in [4.78, 5) is 2.64. The molecule has 1 aromatic rings. The van der Waals surface area contributed by atoms with E-state index < -0.39 is 0 Å². The minimum absolute atomic E-state index is 0.491. The van der Waals surface area contributed by atoms with Crippen LogP contribution in [0.1, 0.15) is 25.3 Å². The van der Waals surface area contributed by atoms with E-state index in [9.17, 15) is 0 Å². The number of benzene rings is 1. The highest BCUT2D eigenvalue weighted by atomic mass is 16.5.